The number of methoxy groups -OCH3 is 1. The molecule has 0 saturated carbocycles. The standard InChI is InChI=1S/C22H29NO7.C11H14O/c1-5-8-23-9-7-15-10-19-20(28-13-27-19)11-16(15)17(12-23)21(18(6-2)26-4)30-22(25)29-14(3)24;1-2-3-7-10-12-11-8-5-4-6-9-11/h6,10-11,17,21H,5,7-9,12-13H2,1-4H3;3-9H,2,10H2,1H3/b18-6+;7-3+. The monoisotopic (exact) mass is 581 g/mol. The van der Waals surface area contributed by atoms with Crippen LogP contribution in [0.1, 0.15) is 57.6 Å². The lowest BCUT2D eigenvalue weighted by Crippen LogP contribution is -2.37. The summed E-state index contributed by atoms with van der Waals surface area (Å²) >= 11 is 0. The molecule has 0 bridgehead atoms. The van der Waals surface area contributed by atoms with Crippen molar-refractivity contribution in [1.29, 1.82) is 0 Å². The van der Waals surface area contributed by atoms with Gasteiger partial charge in [-0.1, -0.05) is 44.2 Å². The topological polar surface area (TPSA) is 92.8 Å². The molecule has 0 saturated heterocycles. The molecule has 9 heteroatoms. The number of carbonyl (C=O) groups excluding carboxylic acids is 2. The summed E-state index contributed by atoms with van der Waals surface area (Å²) in [5, 5.41) is 0. The van der Waals surface area contributed by atoms with Crippen molar-refractivity contribution in [2.75, 3.05) is 40.1 Å². The number of benzene rings is 2. The molecular formula is C33H43NO8. The van der Waals surface area contributed by atoms with Crippen LogP contribution in [0.25, 0.3) is 0 Å². The number of para-hydroxylation sites is 1. The number of esters is 1. The Balaban J connectivity index is 0.000000337. The van der Waals surface area contributed by atoms with Gasteiger partial charge in [-0.15, -0.1) is 0 Å². The number of hydrogen-bond donors (Lipinski definition) is 0. The van der Waals surface area contributed by atoms with Gasteiger partial charge in [0.15, 0.2) is 17.6 Å². The van der Waals surface area contributed by atoms with Gasteiger partial charge >= 0.3 is 12.1 Å². The van der Waals surface area contributed by atoms with E-state index in [-0.39, 0.29) is 12.7 Å². The van der Waals surface area contributed by atoms with Crippen LogP contribution in [0.3, 0.4) is 0 Å². The first-order valence-corrected chi connectivity index (χ1v) is 14.5. The summed E-state index contributed by atoms with van der Waals surface area (Å²) in [4.78, 5) is 25.8. The zero-order chi connectivity index (χ0) is 30.3. The van der Waals surface area contributed by atoms with Crippen LogP contribution in [-0.2, 0) is 25.4 Å². The van der Waals surface area contributed by atoms with Crippen molar-refractivity contribution in [2.45, 2.75) is 59.0 Å². The fourth-order valence-electron chi connectivity index (χ4n) is 4.96. The normalized spacial score (nSPS) is 16.9. The van der Waals surface area contributed by atoms with E-state index in [9.17, 15) is 9.59 Å². The summed E-state index contributed by atoms with van der Waals surface area (Å²) < 4.78 is 32.4. The summed E-state index contributed by atoms with van der Waals surface area (Å²) in [5.41, 5.74) is 2.12. The first kappa shape index (κ1) is 32.5. The van der Waals surface area contributed by atoms with E-state index in [1.165, 1.54) is 7.11 Å². The average molecular weight is 582 g/mol. The maximum Gasteiger partial charge on any atom is 0.516 e. The molecule has 2 unspecified atom stereocenters. The highest BCUT2D eigenvalue weighted by atomic mass is 16.7. The molecule has 0 radical (unpaired) electrons. The minimum absolute atomic E-state index is 0.188. The highest BCUT2D eigenvalue weighted by Gasteiger charge is 2.37. The third-order valence-corrected chi connectivity index (χ3v) is 6.83. The van der Waals surface area contributed by atoms with Crippen molar-refractivity contribution >= 4 is 12.1 Å². The largest absolute Gasteiger partial charge is 0.516 e. The van der Waals surface area contributed by atoms with Crippen LogP contribution >= 0.6 is 0 Å². The second-order valence-electron chi connectivity index (χ2n) is 9.84. The minimum Gasteiger partial charge on any atom is -0.497 e. The van der Waals surface area contributed by atoms with Gasteiger partial charge in [0.05, 0.1) is 7.11 Å². The smallest absolute Gasteiger partial charge is 0.497 e. The summed E-state index contributed by atoms with van der Waals surface area (Å²) in [6.07, 6.45) is 7.00. The van der Waals surface area contributed by atoms with Crippen LogP contribution in [0.4, 0.5) is 4.79 Å². The van der Waals surface area contributed by atoms with Crippen molar-refractivity contribution in [1.82, 2.24) is 4.90 Å². The van der Waals surface area contributed by atoms with Crippen molar-refractivity contribution in [3.63, 3.8) is 0 Å². The minimum atomic E-state index is -1.04. The molecule has 2 aliphatic heterocycles. The molecule has 0 fully saturated rings. The first-order chi connectivity index (χ1) is 20.4. The molecule has 0 aliphatic carbocycles. The van der Waals surface area contributed by atoms with Gasteiger partial charge in [-0.25, -0.2) is 4.79 Å². The molecule has 0 aromatic heterocycles. The summed E-state index contributed by atoms with van der Waals surface area (Å²) in [5.74, 6) is 1.85. The van der Waals surface area contributed by atoms with E-state index in [1.54, 1.807) is 6.08 Å². The Morgan fingerprint density at radius 1 is 1.10 bits per heavy atom. The predicted octanol–water partition coefficient (Wildman–Crippen LogP) is 6.42. The van der Waals surface area contributed by atoms with E-state index in [0.29, 0.717) is 24.7 Å². The van der Waals surface area contributed by atoms with E-state index in [1.807, 2.05) is 55.5 Å². The molecule has 9 nitrogen and oxygen atoms in total. The molecule has 42 heavy (non-hydrogen) atoms. The van der Waals surface area contributed by atoms with Crippen LogP contribution in [0.15, 0.2) is 66.5 Å². The van der Waals surface area contributed by atoms with E-state index in [4.69, 9.17) is 23.7 Å². The zero-order valence-corrected chi connectivity index (χ0v) is 25.3. The summed E-state index contributed by atoms with van der Waals surface area (Å²) in [6.45, 7) is 10.5. The predicted molar refractivity (Wildman–Crippen MR) is 160 cm³/mol. The Morgan fingerprint density at radius 2 is 1.83 bits per heavy atom. The number of rotatable bonds is 10. The van der Waals surface area contributed by atoms with Gasteiger partial charge in [-0.05, 0) is 74.2 Å². The van der Waals surface area contributed by atoms with Crippen LogP contribution in [-0.4, -0.2) is 63.3 Å². The molecule has 0 N–H and O–H groups in total. The van der Waals surface area contributed by atoms with Crippen LogP contribution in [0.2, 0.25) is 0 Å². The molecule has 2 aromatic rings. The molecule has 228 valence electrons. The molecule has 0 amide bonds. The Morgan fingerprint density at radius 3 is 2.48 bits per heavy atom. The third kappa shape index (κ3) is 9.55. The molecule has 0 spiro atoms. The van der Waals surface area contributed by atoms with Gasteiger partial charge in [0, 0.05) is 25.9 Å². The average Bonchev–Trinajstić information content (AvgIpc) is 3.37. The fraction of sp³-hybridized carbons (Fsp3) is 0.455. The molecular weight excluding hydrogens is 538 g/mol. The van der Waals surface area contributed by atoms with E-state index in [2.05, 4.69) is 29.6 Å². The Bertz CT molecular complexity index is 1210. The highest BCUT2D eigenvalue weighted by Crippen LogP contribution is 2.41. The lowest BCUT2D eigenvalue weighted by atomic mass is 9.87. The molecule has 4 rings (SSSR count). The maximum atomic E-state index is 12.2. The van der Waals surface area contributed by atoms with Crippen molar-refractivity contribution in [3.8, 4) is 17.2 Å². The van der Waals surface area contributed by atoms with Gasteiger partial charge in [0.1, 0.15) is 18.1 Å². The Labute approximate surface area is 249 Å². The third-order valence-electron chi connectivity index (χ3n) is 6.83. The van der Waals surface area contributed by atoms with E-state index >= 15 is 0 Å². The Hall–Kier alpha value is -3.98. The number of carbonyl (C=O) groups is 2. The van der Waals surface area contributed by atoms with E-state index in [0.717, 1.165) is 61.9 Å². The van der Waals surface area contributed by atoms with Gasteiger partial charge in [-0.2, -0.15) is 0 Å². The number of allylic oxidation sites excluding steroid dienone is 2. The summed E-state index contributed by atoms with van der Waals surface area (Å²) in [6, 6.07) is 13.8. The van der Waals surface area contributed by atoms with Gasteiger partial charge in [0.2, 0.25) is 6.79 Å². The van der Waals surface area contributed by atoms with Crippen LogP contribution in [0.5, 0.6) is 17.2 Å². The number of hydrogen-bond acceptors (Lipinski definition) is 9. The lowest BCUT2D eigenvalue weighted by Gasteiger charge is -2.31. The maximum absolute atomic E-state index is 12.2. The Kier molecular flexibility index (Phi) is 13.2. The second-order valence-corrected chi connectivity index (χ2v) is 9.84. The van der Waals surface area contributed by atoms with Crippen molar-refractivity contribution in [3.05, 3.63) is 77.6 Å². The number of fused-ring (bicyclic) bond motifs is 2. The molecule has 2 atom stereocenters. The van der Waals surface area contributed by atoms with Gasteiger partial charge in [-0.3, -0.25) is 4.79 Å². The quantitative estimate of drug-likeness (QED) is 0.136. The van der Waals surface area contributed by atoms with Crippen molar-refractivity contribution < 1.29 is 38.0 Å². The molecule has 2 aromatic carbocycles. The van der Waals surface area contributed by atoms with Crippen LogP contribution in [0, 0.1) is 0 Å². The SMILES string of the molecule is C/C=C(/OC)C(OC(=O)OC(C)=O)C1CN(CCC)CCc2cc3c(cc21)OCO3.CC/C=C/COc1ccccc1. The van der Waals surface area contributed by atoms with E-state index < -0.39 is 18.2 Å². The lowest BCUT2D eigenvalue weighted by molar-refractivity contribution is -0.138. The van der Waals surface area contributed by atoms with Crippen LogP contribution < -0.4 is 14.2 Å². The first-order valence-electron chi connectivity index (χ1n) is 14.5. The van der Waals surface area contributed by atoms with Gasteiger partial charge in [0.25, 0.3) is 0 Å². The number of nitrogens with zero attached hydrogens (tertiary/aromatic N) is 1. The zero-order valence-electron chi connectivity index (χ0n) is 25.3. The second kappa shape index (κ2) is 17.1. The summed E-state index contributed by atoms with van der Waals surface area (Å²) in [7, 11) is 1.53. The fourth-order valence-corrected chi connectivity index (χ4v) is 4.96. The van der Waals surface area contributed by atoms with Crippen molar-refractivity contribution in [2.24, 2.45) is 0 Å². The number of ether oxygens (including phenoxy) is 6. The molecule has 2 heterocycles. The highest BCUT2D eigenvalue weighted by molar-refractivity contribution is 5.80. The van der Waals surface area contributed by atoms with Gasteiger partial charge < -0.3 is 33.3 Å². The molecule has 2 aliphatic rings.